The summed E-state index contributed by atoms with van der Waals surface area (Å²) in [6.07, 6.45) is 13.9. The van der Waals surface area contributed by atoms with E-state index in [1.54, 1.807) is 0 Å². The molecule has 2 fully saturated rings. The number of benzene rings is 1. The SMILES string of the molecule is C=C(C1=CC=C(c2ccc(NC(=C)C(C)(C)C)cc2)C1)N1CCCC2CCCCC21. The van der Waals surface area contributed by atoms with Gasteiger partial charge < -0.3 is 10.2 Å². The van der Waals surface area contributed by atoms with Crippen molar-refractivity contribution in [3.05, 3.63) is 72.1 Å². The number of anilines is 1. The van der Waals surface area contributed by atoms with Crippen molar-refractivity contribution in [2.75, 3.05) is 11.9 Å². The summed E-state index contributed by atoms with van der Waals surface area (Å²) in [7, 11) is 0. The highest BCUT2D eigenvalue weighted by atomic mass is 15.2. The maximum absolute atomic E-state index is 4.55. The number of piperidine rings is 1. The lowest BCUT2D eigenvalue weighted by atomic mass is 9.78. The van der Waals surface area contributed by atoms with E-state index in [0.717, 1.165) is 29.8 Å². The molecule has 160 valence electrons. The van der Waals surface area contributed by atoms with E-state index >= 15 is 0 Å². The molecule has 3 aliphatic rings. The third-order valence-corrected chi connectivity index (χ3v) is 7.28. The highest BCUT2D eigenvalue weighted by Crippen LogP contribution is 2.40. The fourth-order valence-electron chi connectivity index (χ4n) is 5.19. The van der Waals surface area contributed by atoms with Crippen LogP contribution in [0.5, 0.6) is 0 Å². The van der Waals surface area contributed by atoms with Gasteiger partial charge in [0, 0.05) is 41.5 Å². The fourth-order valence-corrected chi connectivity index (χ4v) is 5.19. The van der Waals surface area contributed by atoms with Crippen LogP contribution in [0.2, 0.25) is 0 Å². The first kappa shape index (κ1) is 21.0. The minimum Gasteiger partial charge on any atom is -0.369 e. The van der Waals surface area contributed by atoms with E-state index in [0.29, 0.717) is 0 Å². The Morgan fingerprint density at radius 2 is 1.67 bits per heavy atom. The fraction of sp³-hybridized carbons (Fsp3) is 0.500. The van der Waals surface area contributed by atoms with E-state index in [1.807, 2.05) is 0 Å². The molecule has 2 nitrogen and oxygen atoms in total. The monoisotopic (exact) mass is 402 g/mol. The van der Waals surface area contributed by atoms with Crippen LogP contribution in [0, 0.1) is 11.3 Å². The summed E-state index contributed by atoms with van der Waals surface area (Å²) in [6.45, 7) is 16.5. The Bertz CT molecular complexity index is 861. The van der Waals surface area contributed by atoms with Gasteiger partial charge in [0.1, 0.15) is 0 Å². The van der Waals surface area contributed by atoms with Crippen molar-refractivity contribution in [2.45, 2.75) is 71.8 Å². The highest BCUT2D eigenvalue weighted by Gasteiger charge is 2.34. The zero-order valence-electron chi connectivity index (χ0n) is 19.1. The summed E-state index contributed by atoms with van der Waals surface area (Å²) in [4.78, 5) is 2.65. The van der Waals surface area contributed by atoms with Gasteiger partial charge in [-0.05, 0) is 60.4 Å². The van der Waals surface area contributed by atoms with Crippen molar-refractivity contribution in [2.24, 2.45) is 11.3 Å². The van der Waals surface area contributed by atoms with E-state index in [9.17, 15) is 0 Å². The molecular weight excluding hydrogens is 364 g/mol. The molecule has 2 atom stereocenters. The molecule has 0 spiro atoms. The first-order valence-corrected chi connectivity index (χ1v) is 11.8. The van der Waals surface area contributed by atoms with E-state index in [2.05, 4.69) is 80.6 Å². The van der Waals surface area contributed by atoms with E-state index in [4.69, 9.17) is 0 Å². The van der Waals surface area contributed by atoms with Gasteiger partial charge in [0.2, 0.25) is 0 Å². The number of nitrogens with one attached hydrogen (secondary N) is 1. The molecule has 1 heterocycles. The van der Waals surface area contributed by atoms with Crippen molar-refractivity contribution in [3.8, 4) is 0 Å². The molecule has 1 N–H and O–H groups in total. The second-order valence-corrected chi connectivity index (χ2v) is 10.4. The first-order valence-electron chi connectivity index (χ1n) is 11.8. The van der Waals surface area contributed by atoms with Gasteiger partial charge in [-0.2, -0.15) is 0 Å². The van der Waals surface area contributed by atoms with Crippen LogP contribution in [0.4, 0.5) is 5.69 Å². The molecule has 2 heteroatoms. The van der Waals surface area contributed by atoms with Gasteiger partial charge in [0.15, 0.2) is 0 Å². The Morgan fingerprint density at radius 1 is 0.967 bits per heavy atom. The Morgan fingerprint density at radius 3 is 2.40 bits per heavy atom. The molecule has 4 rings (SSSR count). The molecule has 30 heavy (non-hydrogen) atoms. The molecule has 0 radical (unpaired) electrons. The Labute approximate surface area is 183 Å². The normalized spacial score (nSPS) is 24.0. The number of hydrogen-bond donors (Lipinski definition) is 1. The topological polar surface area (TPSA) is 15.3 Å². The molecule has 2 aliphatic carbocycles. The largest absolute Gasteiger partial charge is 0.369 e. The summed E-state index contributed by atoms with van der Waals surface area (Å²) in [5.74, 6) is 0.890. The van der Waals surface area contributed by atoms with Gasteiger partial charge in [0.05, 0.1) is 0 Å². The zero-order chi connectivity index (χ0) is 21.3. The lowest BCUT2D eigenvalue weighted by Gasteiger charge is -2.46. The van der Waals surface area contributed by atoms with Gasteiger partial charge in [-0.3, -0.25) is 0 Å². The summed E-state index contributed by atoms with van der Waals surface area (Å²) in [5, 5.41) is 3.45. The smallest absolute Gasteiger partial charge is 0.0382 e. The molecule has 1 aromatic carbocycles. The minimum absolute atomic E-state index is 0.0532. The minimum atomic E-state index is 0.0532. The molecule has 0 amide bonds. The van der Waals surface area contributed by atoms with Crippen LogP contribution in [0.25, 0.3) is 5.57 Å². The van der Waals surface area contributed by atoms with Gasteiger partial charge >= 0.3 is 0 Å². The van der Waals surface area contributed by atoms with Crippen molar-refractivity contribution in [1.29, 1.82) is 0 Å². The van der Waals surface area contributed by atoms with Crippen LogP contribution in [-0.2, 0) is 0 Å². The second-order valence-electron chi connectivity index (χ2n) is 10.4. The number of allylic oxidation sites excluding steroid dienone is 5. The summed E-state index contributed by atoms with van der Waals surface area (Å²) in [5.41, 5.74) is 7.57. The van der Waals surface area contributed by atoms with E-state index < -0.39 is 0 Å². The molecular formula is C28H38N2. The zero-order valence-corrected chi connectivity index (χ0v) is 19.1. The standard InChI is InChI=1S/C28H38N2/c1-20(30-18-8-10-23-9-6-7-11-27(23)30)24-12-13-25(19-24)22-14-16-26(17-15-22)29-21(2)28(3,4)5/h12-17,23,27,29H,1-2,6-11,18-19H2,3-5H3. The average Bonchev–Trinajstić information content (AvgIpc) is 3.23. The Kier molecular flexibility index (Phi) is 5.95. The van der Waals surface area contributed by atoms with E-state index in [1.165, 1.54) is 67.5 Å². The lowest BCUT2D eigenvalue weighted by Crippen LogP contribution is -2.46. The van der Waals surface area contributed by atoms with Crippen LogP contribution in [0.1, 0.15) is 71.3 Å². The quantitative estimate of drug-likeness (QED) is 0.547. The number of hydrogen-bond acceptors (Lipinski definition) is 2. The lowest BCUT2D eigenvalue weighted by molar-refractivity contribution is 0.0926. The summed E-state index contributed by atoms with van der Waals surface area (Å²) >= 11 is 0. The van der Waals surface area contributed by atoms with Crippen LogP contribution >= 0.6 is 0 Å². The third kappa shape index (κ3) is 4.43. The second kappa shape index (κ2) is 8.49. The summed E-state index contributed by atoms with van der Waals surface area (Å²) < 4.78 is 0. The van der Waals surface area contributed by atoms with Crippen LogP contribution < -0.4 is 5.32 Å². The third-order valence-electron chi connectivity index (χ3n) is 7.28. The first-order chi connectivity index (χ1) is 14.3. The highest BCUT2D eigenvalue weighted by molar-refractivity contribution is 5.75. The van der Waals surface area contributed by atoms with Crippen molar-refractivity contribution >= 4 is 11.3 Å². The molecule has 1 aromatic rings. The maximum atomic E-state index is 4.55. The summed E-state index contributed by atoms with van der Waals surface area (Å²) in [6, 6.07) is 9.50. The molecule has 1 saturated heterocycles. The number of fused-ring (bicyclic) bond motifs is 1. The number of likely N-dealkylation sites (tertiary alicyclic amines) is 1. The van der Waals surface area contributed by atoms with Crippen LogP contribution in [0.15, 0.2) is 66.5 Å². The molecule has 0 aromatic heterocycles. The van der Waals surface area contributed by atoms with Gasteiger partial charge in [-0.15, -0.1) is 0 Å². The van der Waals surface area contributed by atoms with Crippen molar-refractivity contribution in [1.82, 2.24) is 4.90 Å². The maximum Gasteiger partial charge on any atom is 0.0382 e. The van der Waals surface area contributed by atoms with Gasteiger partial charge in [0.25, 0.3) is 0 Å². The Hall–Kier alpha value is -2.22. The van der Waals surface area contributed by atoms with Gasteiger partial charge in [-0.25, -0.2) is 0 Å². The Balaban J connectivity index is 1.38. The van der Waals surface area contributed by atoms with Crippen molar-refractivity contribution < 1.29 is 0 Å². The number of rotatable bonds is 5. The van der Waals surface area contributed by atoms with Crippen LogP contribution in [-0.4, -0.2) is 17.5 Å². The van der Waals surface area contributed by atoms with Crippen molar-refractivity contribution in [3.63, 3.8) is 0 Å². The number of nitrogens with zero attached hydrogens (tertiary/aromatic N) is 1. The predicted molar refractivity (Wildman–Crippen MR) is 130 cm³/mol. The van der Waals surface area contributed by atoms with E-state index in [-0.39, 0.29) is 5.41 Å². The van der Waals surface area contributed by atoms with Gasteiger partial charge in [-0.1, -0.05) is 71.1 Å². The molecule has 1 aliphatic heterocycles. The molecule has 0 bridgehead atoms. The average molecular weight is 403 g/mol. The van der Waals surface area contributed by atoms with Crippen LogP contribution in [0.3, 0.4) is 0 Å². The predicted octanol–water partition coefficient (Wildman–Crippen LogP) is 7.54. The molecule has 1 saturated carbocycles. The molecule has 2 unspecified atom stereocenters.